The monoisotopic (exact) mass is 584 g/mol. The van der Waals surface area contributed by atoms with Crippen LogP contribution in [-0.4, -0.2) is 11.8 Å². The maximum Gasteiger partial charge on any atom is 0.145 e. The Morgan fingerprint density at radius 2 is 1.57 bits per heavy atom. The predicted molar refractivity (Wildman–Crippen MR) is 192 cm³/mol. The van der Waals surface area contributed by atoms with Crippen molar-refractivity contribution in [1.29, 1.82) is 0 Å². The maximum atomic E-state index is 7.03. The molecule has 1 aromatic heterocycles. The molecule has 0 radical (unpaired) electrons. The molecule has 1 aliphatic rings. The molecule has 4 aromatic carbocycles. The predicted octanol–water partition coefficient (Wildman–Crippen LogP) is 11.6. The molecular formula is C41H48N2O. The Kier molecular flexibility index (Phi) is 7.72. The van der Waals surface area contributed by atoms with E-state index in [2.05, 4.69) is 140 Å². The Morgan fingerprint density at radius 3 is 2.30 bits per heavy atom. The molecule has 228 valence electrons. The summed E-state index contributed by atoms with van der Waals surface area (Å²) in [6, 6.07) is 22.2. The van der Waals surface area contributed by atoms with E-state index in [9.17, 15) is 0 Å². The van der Waals surface area contributed by atoms with Crippen LogP contribution in [0.25, 0.3) is 49.2 Å². The molecule has 3 nitrogen and oxygen atoms in total. The van der Waals surface area contributed by atoms with Gasteiger partial charge in [-0.2, -0.15) is 0 Å². The van der Waals surface area contributed by atoms with Gasteiger partial charge >= 0.3 is 0 Å². The summed E-state index contributed by atoms with van der Waals surface area (Å²) in [7, 11) is 0. The third-order valence-corrected chi connectivity index (χ3v) is 10.8. The Bertz CT molecular complexity index is 1940. The number of nitrogens with zero attached hydrogens (tertiary/aromatic N) is 1. The van der Waals surface area contributed by atoms with E-state index in [0.29, 0.717) is 17.8 Å². The number of furan rings is 1. The lowest BCUT2D eigenvalue weighted by Gasteiger charge is -2.45. The highest BCUT2D eigenvalue weighted by Crippen LogP contribution is 2.53. The fraction of sp³-hybridized carbons (Fsp3) is 0.390. The second-order valence-electron chi connectivity index (χ2n) is 14.2. The number of rotatable bonds is 9. The number of benzene rings is 4. The first-order valence-corrected chi connectivity index (χ1v) is 16.4. The van der Waals surface area contributed by atoms with Gasteiger partial charge in [0.25, 0.3) is 0 Å². The van der Waals surface area contributed by atoms with Crippen LogP contribution in [0.4, 0.5) is 0 Å². The topological polar surface area (TPSA) is 37.5 Å². The van der Waals surface area contributed by atoms with Crippen molar-refractivity contribution in [2.24, 2.45) is 28.2 Å². The van der Waals surface area contributed by atoms with Gasteiger partial charge in [0.1, 0.15) is 11.2 Å². The highest BCUT2D eigenvalue weighted by atomic mass is 16.3. The zero-order valence-corrected chi connectivity index (χ0v) is 27.8. The van der Waals surface area contributed by atoms with Crippen LogP contribution in [0.15, 0.2) is 88.8 Å². The lowest BCUT2D eigenvalue weighted by molar-refractivity contribution is 0.136. The number of aliphatic imine (C=N–C) groups is 1. The fourth-order valence-corrected chi connectivity index (χ4v) is 6.86. The van der Waals surface area contributed by atoms with Gasteiger partial charge in [-0.25, -0.2) is 0 Å². The molecule has 0 fully saturated rings. The normalized spacial score (nSPS) is 19.3. The number of hydrogen-bond acceptors (Lipinski definition) is 3. The van der Waals surface area contributed by atoms with Crippen LogP contribution >= 0.6 is 0 Å². The average molecular weight is 585 g/mol. The minimum absolute atomic E-state index is 0.0550. The highest BCUT2D eigenvalue weighted by molar-refractivity contribution is 6.23. The van der Waals surface area contributed by atoms with Crippen LogP contribution in [0.1, 0.15) is 85.4 Å². The summed E-state index contributed by atoms with van der Waals surface area (Å²) in [6.07, 6.45) is 8.49. The van der Waals surface area contributed by atoms with Gasteiger partial charge in [0.05, 0.1) is 11.6 Å². The Labute approximate surface area is 263 Å². The van der Waals surface area contributed by atoms with Crippen LogP contribution in [0.3, 0.4) is 0 Å². The molecule has 0 saturated carbocycles. The first-order chi connectivity index (χ1) is 21.0. The highest BCUT2D eigenvalue weighted by Gasteiger charge is 2.49. The van der Waals surface area contributed by atoms with Crippen LogP contribution in [-0.2, 0) is 0 Å². The van der Waals surface area contributed by atoms with Crippen molar-refractivity contribution in [3.8, 4) is 0 Å². The molecule has 1 N–H and O–H groups in total. The van der Waals surface area contributed by atoms with Gasteiger partial charge in [0.15, 0.2) is 0 Å². The molecule has 0 bridgehead atoms. The van der Waals surface area contributed by atoms with Crippen molar-refractivity contribution in [2.75, 3.05) is 0 Å². The van der Waals surface area contributed by atoms with Gasteiger partial charge in [-0.1, -0.05) is 122 Å². The van der Waals surface area contributed by atoms with E-state index >= 15 is 0 Å². The molecule has 44 heavy (non-hydrogen) atoms. The van der Waals surface area contributed by atoms with Crippen molar-refractivity contribution < 1.29 is 4.42 Å². The van der Waals surface area contributed by atoms with Crippen LogP contribution in [0.5, 0.6) is 0 Å². The maximum absolute atomic E-state index is 7.03. The third kappa shape index (κ3) is 4.76. The zero-order chi connectivity index (χ0) is 31.4. The molecule has 1 aliphatic heterocycles. The van der Waals surface area contributed by atoms with E-state index in [1.807, 2.05) is 6.08 Å². The van der Waals surface area contributed by atoms with E-state index in [1.165, 1.54) is 49.1 Å². The summed E-state index contributed by atoms with van der Waals surface area (Å²) in [5.74, 6) is 1.38. The quantitative estimate of drug-likeness (QED) is 0.106. The van der Waals surface area contributed by atoms with Crippen molar-refractivity contribution in [2.45, 2.75) is 79.8 Å². The number of hydrogen-bond donors (Lipinski definition) is 1. The average Bonchev–Trinajstić information content (AvgIpc) is 3.58. The van der Waals surface area contributed by atoms with Crippen LogP contribution in [0.2, 0.25) is 0 Å². The second-order valence-corrected chi connectivity index (χ2v) is 14.2. The minimum Gasteiger partial charge on any atom is -0.455 e. The molecule has 0 saturated heterocycles. The molecule has 3 heteroatoms. The van der Waals surface area contributed by atoms with E-state index < -0.39 is 0 Å². The molecule has 0 spiro atoms. The fourth-order valence-electron chi connectivity index (χ4n) is 6.86. The third-order valence-electron chi connectivity index (χ3n) is 10.8. The summed E-state index contributed by atoms with van der Waals surface area (Å²) >= 11 is 0. The van der Waals surface area contributed by atoms with Gasteiger partial charge < -0.3 is 9.73 Å². The van der Waals surface area contributed by atoms with Crippen LogP contribution in [0, 0.1) is 23.2 Å². The van der Waals surface area contributed by atoms with Gasteiger partial charge in [-0.15, -0.1) is 6.58 Å². The Balaban J connectivity index is 1.60. The smallest absolute Gasteiger partial charge is 0.145 e. The molecular weight excluding hydrogens is 536 g/mol. The standard InChI is InChI=1S/C41H48N2O/c1-10-22-41(9,42-24-27(6)25(3)4)40(7,8)39-33-21-20-32-31-19-18-29-17-16-28-14-12-13-15-30(28)35(29)37(31)44-38(32)36(33)34(43-39)23-26(5)11-2/h10,12-21,23-27,39,43H,1,11,22H2,2-9H3/b34-23-,42-24+. The molecule has 2 heterocycles. The number of nitrogens with one attached hydrogen (secondary N) is 1. The Hall–Kier alpha value is -3.85. The molecule has 5 aromatic rings. The number of fused-ring (bicyclic) bond motifs is 9. The summed E-state index contributed by atoms with van der Waals surface area (Å²) in [5, 5.41) is 11.2. The van der Waals surface area contributed by atoms with Gasteiger partial charge in [0.2, 0.25) is 0 Å². The molecule has 0 aliphatic carbocycles. The van der Waals surface area contributed by atoms with Gasteiger partial charge in [0, 0.05) is 39.0 Å². The van der Waals surface area contributed by atoms with E-state index in [-0.39, 0.29) is 17.0 Å². The van der Waals surface area contributed by atoms with Crippen molar-refractivity contribution in [3.05, 3.63) is 90.5 Å². The van der Waals surface area contributed by atoms with E-state index in [0.717, 1.165) is 24.0 Å². The SMILES string of the molecule is C=CCC(C)(/N=C/C(C)C(C)C)C(C)(C)C1N/C(=C\C(C)CC)c2c1ccc1c2oc2c1ccc1ccc3ccccc3c12. The van der Waals surface area contributed by atoms with E-state index in [4.69, 9.17) is 9.41 Å². The van der Waals surface area contributed by atoms with Crippen molar-refractivity contribution >= 4 is 55.4 Å². The first-order valence-electron chi connectivity index (χ1n) is 16.4. The molecule has 4 unspecified atom stereocenters. The molecule has 6 rings (SSSR count). The summed E-state index contributed by atoms with van der Waals surface area (Å²) < 4.78 is 7.03. The summed E-state index contributed by atoms with van der Waals surface area (Å²) in [5.41, 5.74) is 5.01. The lowest BCUT2D eigenvalue weighted by Crippen LogP contribution is -2.47. The van der Waals surface area contributed by atoms with E-state index in [1.54, 1.807) is 0 Å². The second kappa shape index (κ2) is 11.3. The molecule has 4 atom stereocenters. The van der Waals surface area contributed by atoms with Crippen molar-refractivity contribution in [3.63, 3.8) is 0 Å². The van der Waals surface area contributed by atoms with Crippen molar-refractivity contribution in [1.82, 2.24) is 5.32 Å². The minimum atomic E-state index is -0.351. The first kappa shape index (κ1) is 30.2. The zero-order valence-electron chi connectivity index (χ0n) is 27.8. The summed E-state index contributed by atoms with van der Waals surface area (Å²) in [4.78, 5) is 5.34. The Morgan fingerprint density at radius 1 is 0.886 bits per heavy atom. The van der Waals surface area contributed by atoms with Gasteiger partial charge in [-0.05, 0) is 58.9 Å². The number of allylic oxidation sites excluding steroid dienone is 1. The van der Waals surface area contributed by atoms with Gasteiger partial charge in [-0.3, -0.25) is 4.99 Å². The van der Waals surface area contributed by atoms with Crippen LogP contribution < -0.4 is 5.32 Å². The largest absolute Gasteiger partial charge is 0.455 e. The lowest BCUT2D eigenvalue weighted by atomic mass is 9.65. The molecule has 0 amide bonds. The summed E-state index contributed by atoms with van der Waals surface area (Å²) in [6.45, 7) is 22.5.